The molecule has 0 atom stereocenters. The van der Waals surface area contributed by atoms with Gasteiger partial charge in [0.1, 0.15) is 0 Å². The molecule has 0 radical (unpaired) electrons. The number of nitrogens with one attached hydrogen (secondary N) is 3. The Hall–Kier alpha value is -0.660. The van der Waals surface area contributed by atoms with Gasteiger partial charge in [-0.1, -0.05) is 6.92 Å². The van der Waals surface area contributed by atoms with Crippen molar-refractivity contribution in [1.29, 1.82) is 0 Å². The Morgan fingerprint density at radius 1 is 1.33 bits per heavy atom. The first-order chi connectivity index (χ1) is 7.03. The maximum absolute atomic E-state index is 11.2. The zero-order valence-electron chi connectivity index (χ0n) is 8.75. The molecule has 1 aliphatic rings. The van der Waals surface area contributed by atoms with Gasteiger partial charge in [0.15, 0.2) is 0 Å². The average Bonchev–Trinajstić information content (AvgIpc) is 2.96. The molecule has 1 aliphatic carbocycles. The summed E-state index contributed by atoms with van der Waals surface area (Å²) >= 11 is 0. The van der Waals surface area contributed by atoms with Gasteiger partial charge in [-0.25, -0.2) is 4.72 Å². The first-order valence-corrected chi connectivity index (χ1v) is 6.55. The molecule has 0 aromatic carbocycles. The lowest BCUT2D eigenvalue weighted by atomic mass is 10.5. The van der Waals surface area contributed by atoms with E-state index < -0.39 is 10.2 Å². The van der Waals surface area contributed by atoms with E-state index in [0.717, 1.165) is 19.3 Å². The van der Waals surface area contributed by atoms with Gasteiger partial charge in [0.25, 0.3) is 10.2 Å². The second kappa shape index (κ2) is 5.43. The molecule has 0 spiro atoms. The third-order valence-corrected chi connectivity index (χ3v) is 3.02. The first-order valence-electron chi connectivity index (χ1n) is 5.07. The van der Waals surface area contributed by atoms with E-state index in [9.17, 15) is 13.2 Å². The van der Waals surface area contributed by atoms with E-state index in [1.165, 1.54) is 0 Å². The lowest BCUT2D eigenvalue weighted by Gasteiger charge is -2.07. The zero-order chi connectivity index (χ0) is 11.3. The van der Waals surface area contributed by atoms with Crippen LogP contribution < -0.4 is 14.8 Å². The highest BCUT2D eigenvalue weighted by Gasteiger charge is 2.23. The Morgan fingerprint density at radius 2 is 2.00 bits per heavy atom. The predicted molar refractivity (Wildman–Crippen MR) is 56.4 cm³/mol. The fourth-order valence-corrected chi connectivity index (χ4v) is 1.85. The van der Waals surface area contributed by atoms with E-state index >= 15 is 0 Å². The van der Waals surface area contributed by atoms with Crippen molar-refractivity contribution in [2.24, 2.45) is 0 Å². The van der Waals surface area contributed by atoms with Crippen LogP contribution in [0.3, 0.4) is 0 Å². The fourth-order valence-electron chi connectivity index (χ4n) is 0.954. The van der Waals surface area contributed by atoms with Crippen LogP contribution in [-0.2, 0) is 15.0 Å². The summed E-state index contributed by atoms with van der Waals surface area (Å²) < 4.78 is 26.9. The molecule has 3 N–H and O–H groups in total. The summed E-state index contributed by atoms with van der Waals surface area (Å²) in [5.74, 6) is -0.278. The summed E-state index contributed by atoms with van der Waals surface area (Å²) in [5.41, 5.74) is 0. The number of carbonyl (C=O) groups excluding carboxylic acids is 1. The van der Waals surface area contributed by atoms with Crippen LogP contribution in [0.5, 0.6) is 0 Å². The number of rotatable bonds is 7. The summed E-state index contributed by atoms with van der Waals surface area (Å²) in [4.78, 5) is 11.1. The fraction of sp³-hybridized carbons (Fsp3) is 0.875. The zero-order valence-corrected chi connectivity index (χ0v) is 9.56. The number of hydrogen-bond donors (Lipinski definition) is 3. The molecule has 0 aliphatic heterocycles. The molecule has 0 heterocycles. The highest BCUT2D eigenvalue weighted by molar-refractivity contribution is 7.87. The van der Waals surface area contributed by atoms with Crippen LogP contribution in [0.4, 0.5) is 0 Å². The van der Waals surface area contributed by atoms with Gasteiger partial charge in [0, 0.05) is 12.6 Å². The van der Waals surface area contributed by atoms with E-state index in [1.807, 2.05) is 6.92 Å². The third-order valence-electron chi connectivity index (χ3n) is 1.91. The van der Waals surface area contributed by atoms with Crippen LogP contribution in [0, 0.1) is 0 Å². The highest BCUT2D eigenvalue weighted by Crippen LogP contribution is 2.18. The van der Waals surface area contributed by atoms with Crippen molar-refractivity contribution in [2.45, 2.75) is 32.2 Å². The van der Waals surface area contributed by atoms with Gasteiger partial charge in [-0.15, -0.1) is 0 Å². The molecular weight excluding hydrogens is 218 g/mol. The SMILES string of the molecule is CCCNS(=O)(=O)NCC(=O)NC1CC1. The molecule has 0 unspecified atom stereocenters. The van der Waals surface area contributed by atoms with Crippen LogP contribution in [0.25, 0.3) is 0 Å². The Labute approximate surface area is 90.0 Å². The van der Waals surface area contributed by atoms with E-state index in [4.69, 9.17) is 0 Å². The minimum atomic E-state index is -3.52. The van der Waals surface area contributed by atoms with Crippen molar-refractivity contribution in [3.63, 3.8) is 0 Å². The molecule has 7 heteroatoms. The highest BCUT2D eigenvalue weighted by atomic mass is 32.2. The normalized spacial score (nSPS) is 16.3. The van der Waals surface area contributed by atoms with E-state index in [-0.39, 0.29) is 18.5 Å². The molecule has 1 fully saturated rings. The van der Waals surface area contributed by atoms with Crippen molar-refractivity contribution in [3.05, 3.63) is 0 Å². The van der Waals surface area contributed by atoms with Crippen LogP contribution in [0.1, 0.15) is 26.2 Å². The van der Waals surface area contributed by atoms with Crippen LogP contribution >= 0.6 is 0 Å². The van der Waals surface area contributed by atoms with Crippen molar-refractivity contribution in [1.82, 2.24) is 14.8 Å². The van der Waals surface area contributed by atoms with Crippen LogP contribution in [-0.4, -0.2) is 33.5 Å². The quantitative estimate of drug-likeness (QED) is 0.534. The Morgan fingerprint density at radius 3 is 2.53 bits per heavy atom. The van der Waals surface area contributed by atoms with Gasteiger partial charge in [-0.3, -0.25) is 4.79 Å². The maximum atomic E-state index is 11.2. The van der Waals surface area contributed by atoms with Crippen molar-refractivity contribution >= 4 is 16.1 Å². The molecule has 0 aromatic rings. The van der Waals surface area contributed by atoms with Gasteiger partial charge >= 0.3 is 0 Å². The van der Waals surface area contributed by atoms with Gasteiger partial charge in [0.2, 0.25) is 5.91 Å². The smallest absolute Gasteiger partial charge is 0.277 e. The van der Waals surface area contributed by atoms with Gasteiger partial charge in [-0.05, 0) is 19.3 Å². The summed E-state index contributed by atoms with van der Waals surface area (Å²) in [6.07, 6.45) is 2.70. The Bertz CT molecular complexity index is 311. The van der Waals surface area contributed by atoms with Gasteiger partial charge < -0.3 is 5.32 Å². The van der Waals surface area contributed by atoms with E-state index in [0.29, 0.717) is 6.54 Å². The molecule has 88 valence electrons. The van der Waals surface area contributed by atoms with Crippen molar-refractivity contribution in [3.8, 4) is 0 Å². The Balaban J connectivity index is 2.18. The molecule has 0 saturated heterocycles. The van der Waals surface area contributed by atoms with Gasteiger partial charge in [-0.2, -0.15) is 13.1 Å². The second-order valence-electron chi connectivity index (χ2n) is 3.56. The molecular formula is C8H17N3O3S. The van der Waals surface area contributed by atoms with E-state index in [2.05, 4.69) is 14.8 Å². The van der Waals surface area contributed by atoms with Crippen molar-refractivity contribution in [2.75, 3.05) is 13.1 Å². The predicted octanol–water partition coefficient (Wildman–Crippen LogP) is -0.901. The van der Waals surface area contributed by atoms with E-state index in [1.54, 1.807) is 0 Å². The van der Waals surface area contributed by atoms with Crippen molar-refractivity contribution < 1.29 is 13.2 Å². The molecule has 0 aromatic heterocycles. The summed E-state index contributed by atoms with van der Waals surface area (Å²) in [6, 6.07) is 0.255. The van der Waals surface area contributed by atoms with Crippen LogP contribution in [0.2, 0.25) is 0 Å². The standard InChI is InChI=1S/C8H17N3O3S/c1-2-5-9-15(13,14)10-6-8(12)11-7-3-4-7/h7,9-10H,2-6H2,1H3,(H,11,12). The average molecular weight is 235 g/mol. The monoisotopic (exact) mass is 235 g/mol. The minimum absolute atomic E-state index is 0.199. The summed E-state index contributed by atoms with van der Waals surface area (Å²) in [5, 5.41) is 2.69. The minimum Gasteiger partial charge on any atom is -0.352 e. The lowest BCUT2D eigenvalue weighted by Crippen LogP contribution is -2.43. The lowest BCUT2D eigenvalue weighted by molar-refractivity contribution is -0.120. The maximum Gasteiger partial charge on any atom is 0.277 e. The third kappa shape index (κ3) is 5.71. The number of carbonyl (C=O) groups is 1. The Kier molecular flexibility index (Phi) is 4.49. The molecule has 15 heavy (non-hydrogen) atoms. The molecule has 1 amide bonds. The first kappa shape index (κ1) is 12.4. The topological polar surface area (TPSA) is 87.3 Å². The number of amides is 1. The molecule has 1 saturated carbocycles. The van der Waals surface area contributed by atoms with Crippen LogP contribution in [0.15, 0.2) is 0 Å². The molecule has 6 nitrogen and oxygen atoms in total. The largest absolute Gasteiger partial charge is 0.352 e. The molecule has 1 rings (SSSR count). The second-order valence-corrected chi connectivity index (χ2v) is 5.14. The molecule has 0 bridgehead atoms. The number of hydrogen-bond acceptors (Lipinski definition) is 3. The summed E-state index contributed by atoms with van der Waals surface area (Å²) in [6.45, 7) is 2.04. The summed E-state index contributed by atoms with van der Waals surface area (Å²) in [7, 11) is -3.52. The van der Waals surface area contributed by atoms with Gasteiger partial charge in [0.05, 0.1) is 6.54 Å².